The molecule has 0 spiro atoms. The average molecular weight is 491 g/mol. The van der Waals surface area contributed by atoms with Crippen molar-refractivity contribution in [3.63, 3.8) is 0 Å². The fraction of sp³-hybridized carbons (Fsp3) is 0.167. The van der Waals surface area contributed by atoms with Gasteiger partial charge in [-0.1, -0.05) is 24.3 Å². The van der Waals surface area contributed by atoms with Crippen molar-refractivity contribution < 1.29 is 35.9 Å². The van der Waals surface area contributed by atoms with Crippen LogP contribution in [-0.2, 0) is 5.92 Å². The maximum atomic E-state index is 14.0. The number of rotatable bonds is 3. The molecule has 35 heavy (non-hydrogen) atoms. The summed E-state index contributed by atoms with van der Waals surface area (Å²) in [6.07, 6.45) is -4.71. The van der Waals surface area contributed by atoms with Gasteiger partial charge in [-0.05, 0) is 48.0 Å². The zero-order valence-electron chi connectivity index (χ0n) is 17.6. The number of ether oxygens (including phenoxy) is 1. The van der Waals surface area contributed by atoms with Gasteiger partial charge in [0.15, 0.2) is 0 Å². The van der Waals surface area contributed by atoms with Crippen molar-refractivity contribution in [2.45, 2.75) is 17.9 Å². The van der Waals surface area contributed by atoms with Gasteiger partial charge < -0.3 is 10.1 Å². The summed E-state index contributed by atoms with van der Waals surface area (Å²) in [5.41, 5.74) is 0.101. The molecule has 2 heterocycles. The largest absolute Gasteiger partial charge is 0.469 e. The van der Waals surface area contributed by atoms with Crippen LogP contribution in [0.3, 0.4) is 0 Å². The number of hydrogen-bond donors (Lipinski definition) is 1. The van der Waals surface area contributed by atoms with Crippen LogP contribution in [0, 0.1) is 11.6 Å². The molecule has 3 aromatic rings. The Morgan fingerprint density at radius 2 is 1.71 bits per heavy atom. The number of hydrogen-bond acceptors (Lipinski definition) is 3. The van der Waals surface area contributed by atoms with Gasteiger partial charge >= 0.3 is 18.1 Å². The molecule has 1 atom stereocenters. The van der Waals surface area contributed by atoms with E-state index < -0.39 is 46.9 Å². The van der Waals surface area contributed by atoms with Crippen LogP contribution in [0.5, 0.6) is 5.75 Å². The van der Waals surface area contributed by atoms with E-state index in [1.54, 1.807) is 6.07 Å². The van der Waals surface area contributed by atoms with Gasteiger partial charge in [0.25, 0.3) is 0 Å². The minimum absolute atomic E-state index is 0.0222. The molecule has 2 amide bonds. The molecule has 0 bridgehead atoms. The van der Waals surface area contributed by atoms with Crippen LogP contribution >= 0.6 is 0 Å². The average Bonchev–Trinajstić information content (AvgIpc) is 3.32. The van der Waals surface area contributed by atoms with E-state index in [4.69, 9.17) is 0 Å². The van der Waals surface area contributed by atoms with Gasteiger partial charge in [-0.3, -0.25) is 0 Å². The molecule has 2 aliphatic rings. The van der Waals surface area contributed by atoms with Crippen molar-refractivity contribution in [1.29, 1.82) is 0 Å². The van der Waals surface area contributed by atoms with Crippen LogP contribution in [0.1, 0.15) is 22.6 Å². The van der Waals surface area contributed by atoms with Crippen molar-refractivity contribution in [3.05, 3.63) is 95.1 Å². The summed E-state index contributed by atoms with van der Waals surface area (Å²) in [5.74, 6) is -6.80. The first kappa shape index (κ1) is 22.8. The van der Waals surface area contributed by atoms with E-state index in [1.165, 1.54) is 42.5 Å². The lowest BCUT2D eigenvalue weighted by molar-refractivity contribution is -0.296. The predicted molar refractivity (Wildman–Crippen MR) is 114 cm³/mol. The predicted octanol–water partition coefficient (Wildman–Crippen LogP) is 6.08. The smallest absolute Gasteiger partial charge is 0.427 e. The number of nitrogens with one attached hydrogen (secondary N) is 1. The lowest BCUT2D eigenvalue weighted by atomic mass is 9.90. The van der Waals surface area contributed by atoms with E-state index in [9.17, 15) is 31.1 Å². The van der Waals surface area contributed by atoms with E-state index in [0.29, 0.717) is 22.9 Å². The third-order valence-electron chi connectivity index (χ3n) is 5.71. The molecule has 0 aromatic heterocycles. The molecule has 5 rings (SSSR count). The van der Waals surface area contributed by atoms with Crippen LogP contribution in [0.4, 0.5) is 36.8 Å². The van der Waals surface area contributed by atoms with Crippen molar-refractivity contribution in [2.75, 3.05) is 11.9 Å². The maximum absolute atomic E-state index is 14.0. The number of nitrogens with zero attached hydrogens (tertiary/aromatic N) is 2. The monoisotopic (exact) mass is 491 g/mol. The summed E-state index contributed by atoms with van der Waals surface area (Å²) in [6.45, 7) is -0.0222. The molecular weight excluding hydrogens is 476 g/mol. The normalized spacial score (nSPS) is 19.7. The second-order valence-electron chi connectivity index (χ2n) is 8.02. The summed E-state index contributed by atoms with van der Waals surface area (Å²) in [5, 5.41) is 7.64. The van der Waals surface area contributed by atoms with Crippen molar-refractivity contribution in [1.82, 2.24) is 5.01 Å². The molecule has 0 saturated carbocycles. The van der Waals surface area contributed by atoms with Gasteiger partial charge in [-0.15, -0.1) is 0 Å². The first-order chi connectivity index (χ1) is 16.5. The van der Waals surface area contributed by atoms with Crippen molar-refractivity contribution in [3.8, 4) is 5.75 Å². The Morgan fingerprint density at radius 1 is 0.971 bits per heavy atom. The standard InChI is InChI=1S/C24H15F6N3O2/c25-15-6-4-13(5-7-15)18-12-33(32-21(18)14-2-1-3-16(26)10-14)22(34)31-17-8-9-20-19(11-17)23(27,28)24(29,30)35-20/h1-11,18H,12H2,(H,31,34). The van der Waals surface area contributed by atoms with Crippen LogP contribution in [0.15, 0.2) is 71.8 Å². The Labute approximate surface area is 194 Å². The van der Waals surface area contributed by atoms with Crippen molar-refractivity contribution in [2.24, 2.45) is 5.10 Å². The Kier molecular flexibility index (Phi) is 5.22. The summed E-state index contributed by atoms with van der Waals surface area (Å²) in [4.78, 5) is 12.9. The third-order valence-corrected chi connectivity index (χ3v) is 5.71. The number of urea groups is 1. The van der Waals surface area contributed by atoms with E-state index in [2.05, 4.69) is 15.2 Å². The van der Waals surface area contributed by atoms with Gasteiger partial charge in [0.2, 0.25) is 0 Å². The molecule has 1 N–H and O–H groups in total. The fourth-order valence-corrected chi connectivity index (χ4v) is 3.98. The summed E-state index contributed by atoms with van der Waals surface area (Å²) in [6, 6.07) is 13.0. The van der Waals surface area contributed by atoms with E-state index >= 15 is 0 Å². The van der Waals surface area contributed by atoms with E-state index in [-0.39, 0.29) is 12.2 Å². The molecular formula is C24H15F6N3O2. The summed E-state index contributed by atoms with van der Waals surface area (Å²) >= 11 is 0. The fourth-order valence-electron chi connectivity index (χ4n) is 3.98. The third kappa shape index (κ3) is 3.96. The SMILES string of the molecule is O=C(Nc1ccc2c(c1)C(F)(F)C(F)(F)O2)N1CC(c2ccc(F)cc2)C(c2cccc(F)c2)=N1. The first-order valence-electron chi connectivity index (χ1n) is 10.3. The number of halogens is 6. The number of benzene rings is 3. The quantitative estimate of drug-likeness (QED) is 0.452. The molecule has 3 aromatic carbocycles. The molecule has 11 heteroatoms. The number of alkyl halides is 4. The van der Waals surface area contributed by atoms with Crippen molar-refractivity contribution >= 4 is 17.4 Å². The highest BCUT2D eigenvalue weighted by Crippen LogP contribution is 2.53. The number of hydrazone groups is 1. The van der Waals surface area contributed by atoms with E-state index in [0.717, 1.165) is 17.1 Å². The molecule has 1 unspecified atom stereocenters. The highest BCUT2D eigenvalue weighted by Gasteiger charge is 2.66. The molecule has 5 nitrogen and oxygen atoms in total. The van der Waals surface area contributed by atoms with Gasteiger partial charge in [-0.25, -0.2) is 18.6 Å². The first-order valence-corrected chi connectivity index (χ1v) is 10.3. The second kappa shape index (κ2) is 8.03. The second-order valence-corrected chi connectivity index (χ2v) is 8.02. The molecule has 0 aliphatic carbocycles. The highest BCUT2D eigenvalue weighted by molar-refractivity contribution is 6.07. The Morgan fingerprint density at radius 3 is 2.43 bits per heavy atom. The molecule has 0 fully saturated rings. The zero-order valence-corrected chi connectivity index (χ0v) is 17.6. The minimum atomic E-state index is -4.71. The van der Waals surface area contributed by atoms with Gasteiger partial charge in [0, 0.05) is 17.2 Å². The van der Waals surface area contributed by atoms with Crippen LogP contribution < -0.4 is 10.1 Å². The molecule has 180 valence electrons. The van der Waals surface area contributed by atoms with E-state index in [1.807, 2.05) is 0 Å². The Hall–Kier alpha value is -4.02. The molecule has 0 radical (unpaired) electrons. The Balaban J connectivity index is 1.43. The summed E-state index contributed by atoms with van der Waals surface area (Å²) < 4.78 is 86.3. The number of fused-ring (bicyclic) bond motifs is 1. The van der Waals surface area contributed by atoms with Gasteiger partial charge in [0.1, 0.15) is 17.4 Å². The highest BCUT2D eigenvalue weighted by atomic mass is 19.3. The lowest BCUT2D eigenvalue weighted by Crippen LogP contribution is -2.37. The summed E-state index contributed by atoms with van der Waals surface area (Å²) in [7, 11) is 0. The van der Waals surface area contributed by atoms with Gasteiger partial charge in [0.05, 0.1) is 17.8 Å². The number of carbonyl (C=O) groups excluding carboxylic acids is 1. The van der Waals surface area contributed by atoms with Crippen LogP contribution in [-0.4, -0.2) is 29.4 Å². The molecule has 0 saturated heterocycles. The number of anilines is 1. The lowest BCUT2D eigenvalue weighted by Gasteiger charge is -2.17. The number of amides is 2. The molecule has 2 aliphatic heterocycles. The van der Waals surface area contributed by atoms with Gasteiger partial charge in [-0.2, -0.15) is 22.7 Å². The topological polar surface area (TPSA) is 53.9 Å². The van der Waals surface area contributed by atoms with Crippen LogP contribution in [0.2, 0.25) is 0 Å². The maximum Gasteiger partial charge on any atom is 0.469 e. The Bertz CT molecular complexity index is 1340. The minimum Gasteiger partial charge on any atom is -0.427 e. The number of carbonyl (C=O) groups is 1. The van der Waals surface area contributed by atoms with Crippen LogP contribution in [0.25, 0.3) is 0 Å². The zero-order chi connectivity index (χ0) is 25.0.